The number of carbonyl (C=O) groups excluding carboxylic acids is 2. The van der Waals surface area contributed by atoms with Gasteiger partial charge in [-0.3, -0.25) is 29.8 Å². The number of nitro benzene ring substituents is 2. The summed E-state index contributed by atoms with van der Waals surface area (Å²) in [4.78, 5) is 46.5. The average molecular weight is 426 g/mol. The maximum atomic E-state index is 12.9. The summed E-state index contributed by atoms with van der Waals surface area (Å²) in [5.41, 5.74) is -0.831. The van der Waals surface area contributed by atoms with E-state index in [0.29, 0.717) is 0 Å². The Bertz CT molecular complexity index is 1050. The van der Waals surface area contributed by atoms with Crippen LogP contribution < -0.4 is 10.6 Å². The lowest BCUT2D eigenvalue weighted by molar-refractivity contribution is -0.394. The molecule has 31 heavy (non-hydrogen) atoms. The number of hydrogen-bond donors (Lipinski definition) is 2. The van der Waals surface area contributed by atoms with Crippen molar-refractivity contribution in [2.45, 2.75) is 45.1 Å². The molecule has 0 bridgehead atoms. The number of nitro groups is 2. The summed E-state index contributed by atoms with van der Waals surface area (Å²) < 4.78 is 0. The molecular weight excluding hydrogens is 404 g/mol. The predicted octanol–water partition coefficient (Wildman–Crippen LogP) is 4.13. The van der Waals surface area contributed by atoms with Crippen LogP contribution in [0.25, 0.3) is 0 Å². The smallest absolute Gasteiger partial charge is 0.279 e. The summed E-state index contributed by atoms with van der Waals surface area (Å²) in [6.45, 7) is 1.35. The van der Waals surface area contributed by atoms with E-state index in [1.165, 1.54) is 13.0 Å². The fraction of sp³-hybridized carbons (Fsp3) is 0.333. The highest BCUT2D eigenvalue weighted by Crippen LogP contribution is 2.29. The number of para-hydroxylation sites is 1. The molecule has 0 spiro atoms. The first-order valence-corrected chi connectivity index (χ1v) is 9.92. The average Bonchev–Trinajstić information content (AvgIpc) is 2.74. The van der Waals surface area contributed by atoms with Gasteiger partial charge in [0.2, 0.25) is 0 Å². The van der Waals surface area contributed by atoms with Crippen LogP contribution in [0.5, 0.6) is 0 Å². The minimum Gasteiger partial charge on any atom is -0.349 e. The van der Waals surface area contributed by atoms with Crippen LogP contribution in [0.1, 0.15) is 58.4 Å². The second-order valence-corrected chi connectivity index (χ2v) is 7.46. The van der Waals surface area contributed by atoms with E-state index in [0.717, 1.165) is 44.2 Å². The van der Waals surface area contributed by atoms with Crippen molar-refractivity contribution in [1.29, 1.82) is 0 Å². The molecule has 0 radical (unpaired) electrons. The Balaban J connectivity index is 1.88. The van der Waals surface area contributed by atoms with Crippen LogP contribution in [0, 0.1) is 27.2 Å². The molecule has 2 amide bonds. The molecular formula is C21H22N4O6. The number of nitrogens with zero attached hydrogens (tertiary/aromatic N) is 2. The SMILES string of the molecule is Cc1c(C(=O)Nc2ccccc2C(=O)NC2CCCCC2)cc([N+](=O)[O-])cc1[N+](=O)[O-]. The summed E-state index contributed by atoms with van der Waals surface area (Å²) in [5, 5.41) is 28.0. The summed E-state index contributed by atoms with van der Waals surface area (Å²) in [6.07, 6.45) is 5.05. The molecule has 0 saturated heterocycles. The van der Waals surface area contributed by atoms with Gasteiger partial charge >= 0.3 is 0 Å². The number of benzene rings is 2. The van der Waals surface area contributed by atoms with E-state index >= 15 is 0 Å². The van der Waals surface area contributed by atoms with E-state index in [9.17, 15) is 29.8 Å². The quantitative estimate of drug-likeness (QED) is 0.525. The Morgan fingerprint density at radius 1 is 0.935 bits per heavy atom. The Morgan fingerprint density at radius 3 is 2.26 bits per heavy atom. The number of amides is 2. The summed E-state index contributed by atoms with van der Waals surface area (Å²) >= 11 is 0. The molecule has 0 unspecified atom stereocenters. The highest BCUT2D eigenvalue weighted by atomic mass is 16.6. The van der Waals surface area contributed by atoms with Crippen LogP contribution in [0.2, 0.25) is 0 Å². The van der Waals surface area contributed by atoms with Gasteiger partial charge < -0.3 is 10.6 Å². The number of anilines is 1. The second kappa shape index (κ2) is 9.33. The fourth-order valence-corrected chi connectivity index (χ4v) is 3.70. The predicted molar refractivity (Wildman–Crippen MR) is 113 cm³/mol. The molecule has 2 aromatic rings. The lowest BCUT2D eigenvalue weighted by Crippen LogP contribution is -2.36. The van der Waals surface area contributed by atoms with E-state index in [1.54, 1.807) is 18.2 Å². The normalized spacial score (nSPS) is 14.0. The van der Waals surface area contributed by atoms with E-state index < -0.39 is 27.1 Å². The van der Waals surface area contributed by atoms with E-state index in [4.69, 9.17) is 0 Å². The Hall–Kier alpha value is -3.82. The van der Waals surface area contributed by atoms with Gasteiger partial charge in [-0.25, -0.2) is 0 Å². The van der Waals surface area contributed by atoms with Gasteiger partial charge in [0.1, 0.15) is 0 Å². The van der Waals surface area contributed by atoms with Crippen molar-refractivity contribution in [3.05, 3.63) is 73.3 Å². The molecule has 0 heterocycles. The topological polar surface area (TPSA) is 144 Å². The van der Waals surface area contributed by atoms with Crippen molar-refractivity contribution < 1.29 is 19.4 Å². The Kier molecular flexibility index (Phi) is 6.58. The largest absolute Gasteiger partial charge is 0.349 e. The van der Waals surface area contributed by atoms with Crippen LogP contribution in [0.15, 0.2) is 36.4 Å². The van der Waals surface area contributed by atoms with Gasteiger partial charge in [-0.15, -0.1) is 0 Å². The van der Waals surface area contributed by atoms with Crippen LogP contribution in [-0.2, 0) is 0 Å². The fourth-order valence-electron chi connectivity index (χ4n) is 3.70. The molecule has 1 fully saturated rings. The molecule has 3 rings (SSSR count). The number of carbonyl (C=O) groups is 2. The highest BCUT2D eigenvalue weighted by Gasteiger charge is 2.26. The van der Waals surface area contributed by atoms with Crippen molar-refractivity contribution in [3.8, 4) is 0 Å². The zero-order chi connectivity index (χ0) is 22.5. The summed E-state index contributed by atoms with van der Waals surface area (Å²) in [7, 11) is 0. The van der Waals surface area contributed by atoms with Crippen molar-refractivity contribution in [2.24, 2.45) is 0 Å². The van der Waals surface area contributed by atoms with Gasteiger partial charge in [-0.05, 0) is 31.9 Å². The van der Waals surface area contributed by atoms with Gasteiger partial charge in [0.05, 0.1) is 32.7 Å². The van der Waals surface area contributed by atoms with Crippen molar-refractivity contribution in [2.75, 3.05) is 5.32 Å². The number of nitrogens with one attached hydrogen (secondary N) is 2. The number of hydrogen-bond acceptors (Lipinski definition) is 6. The molecule has 10 heteroatoms. The Labute approximate surface area is 177 Å². The standard InChI is InChI=1S/C21H22N4O6/c1-13-17(11-15(24(28)29)12-19(13)25(30)31)21(27)23-18-10-6-5-9-16(18)20(26)22-14-7-3-2-4-8-14/h5-6,9-12,14H,2-4,7-8H2,1H3,(H,22,26)(H,23,27). The van der Waals surface area contributed by atoms with Crippen molar-refractivity contribution in [3.63, 3.8) is 0 Å². The van der Waals surface area contributed by atoms with Gasteiger partial charge in [0, 0.05) is 17.7 Å². The third kappa shape index (κ3) is 5.03. The molecule has 162 valence electrons. The third-order valence-corrected chi connectivity index (χ3v) is 5.38. The second-order valence-electron chi connectivity index (χ2n) is 7.46. The zero-order valence-electron chi connectivity index (χ0n) is 16.9. The van der Waals surface area contributed by atoms with Crippen LogP contribution in [0.4, 0.5) is 17.1 Å². The first kappa shape index (κ1) is 21.9. The monoisotopic (exact) mass is 426 g/mol. The molecule has 10 nitrogen and oxygen atoms in total. The first-order valence-electron chi connectivity index (χ1n) is 9.92. The number of rotatable bonds is 6. The lowest BCUT2D eigenvalue weighted by Gasteiger charge is -2.23. The zero-order valence-corrected chi connectivity index (χ0v) is 16.9. The van der Waals surface area contributed by atoms with E-state index in [2.05, 4.69) is 10.6 Å². The van der Waals surface area contributed by atoms with Crippen LogP contribution in [-0.4, -0.2) is 27.7 Å². The van der Waals surface area contributed by atoms with Crippen molar-refractivity contribution in [1.82, 2.24) is 5.32 Å². The molecule has 0 aromatic heterocycles. The Morgan fingerprint density at radius 2 is 1.61 bits per heavy atom. The summed E-state index contributed by atoms with van der Waals surface area (Å²) in [5.74, 6) is -1.10. The van der Waals surface area contributed by atoms with E-state index in [-0.39, 0.29) is 34.3 Å². The van der Waals surface area contributed by atoms with Gasteiger partial charge in [0.25, 0.3) is 23.2 Å². The van der Waals surface area contributed by atoms with Crippen LogP contribution >= 0.6 is 0 Å². The lowest BCUT2D eigenvalue weighted by atomic mass is 9.95. The van der Waals surface area contributed by atoms with E-state index in [1.807, 2.05) is 0 Å². The maximum absolute atomic E-state index is 12.9. The van der Waals surface area contributed by atoms with Crippen molar-refractivity contribution >= 4 is 28.9 Å². The minimum absolute atomic E-state index is 0.00256. The molecule has 1 aliphatic rings. The van der Waals surface area contributed by atoms with Gasteiger partial charge in [0.15, 0.2) is 0 Å². The molecule has 0 aliphatic heterocycles. The molecule has 1 aliphatic carbocycles. The van der Waals surface area contributed by atoms with Crippen LogP contribution in [0.3, 0.4) is 0 Å². The molecule has 1 saturated carbocycles. The molecule has 0 atom stereocenters. The minimum atomic E-state index is -0.797. The maximum Gasteiger partial charge on any atom is 0.279 e. The van der Waals surface area contributed by atoms with Gasteiger partial charge in [-0.1, -0.05) is 31.4 Å². The first-order chi connectivity index (χ1) is 14.8. The summed E-state index contributed by atoms with van der Waals surface area (Å²) in [6, 6.07) is 8.28. The number of non-ortho nitro benzene ring substituents is 1. The third-order valence-electron chi connectivity index (χ3n) is 5.38. The van der Waals surface area contributed by atoms with Gasteiger partial charge in [-0.2, -0.15) is 0 Å². The highest BCUT2D eigenvalue weighted by molar-refractivity contribution is 6.10. The molecule has 2 N–H and O–H groups in total. The molecule has 2 aromatic carbocycles.